The number of rotatable bonds is 5. The first-order chi connectivity index (χ1) is 9.69. The molecule has 0 bridgehead atoms. The molecule has 20 heavy (non-hydrogen) atoms. The van der Waals surface area contributed by atoms with Crippen LogP contribution in [0.2, 0.25) is 0 Å². The van der Waals surface area contributed by atoms with E-state index in [2.05, 4.69) is 35.7 Å². The number of nitriles is 1. The highest BCUT2D eigenvalue weighted by Crippen LogP contribution is 2.32. The third-order valence-corrected chi connectivity index (χ3v) is 4.15. The lowest BCUT2D eigenvalue weighted by Crippen LogP contribution is -2.39. The van der Waals surface area contributed by atoms with E-state index < -0.39 is 5.54 Å². The zero-order chi connectivity index (χ0) is 14.4. The standard InChI is InChI=1S/C17H18N2S/c1-19(2)17(14-18,16-10-12-20-13-16)11-6-9-15-7-4-3-5-8-15/h3-10,12-13H,11H2,1-2H3. The summed E-state index contributed by atoms with van der Waals surface area (Å²) in [4.78, 5) is 1.99. The van der Waals surface area contributed by atoms with Crippen LogP contribution >= 0.6 is 11.3 Å². The van der Waals surface area contributed by atoms with Crippen molar-refractivity contribution in [3.05, 3.63) is 64.4 Å². The van der Waals surface area contributed by atoms with Gasteiger partial charge in [-0.25, -0.2) is 0 Å². The molecule has 1 heterocycles. The fourth-order valence-electron chi connectivity index (χ4n) is 2.20. The summed E-state index contributed by atoms with van der Waals surface area (Å²) >= 11 is 1.63. The maximum absolute atomic E-state index is 9.70. The van der Waals surface area contributed by atoms with E-state index in [1.807, 2.05) is 48.6 Å². The van der Waals surface area contributed by atoms with Crippen LogP contribution in [0.1, 0.15) is 17.5 Å². The summed E-state index contributed by atoms with van der Waals surface area (Å²) in [5.74, 6) is 0. The fourth-order valence-corrected chi connectivity index (χ4v) is 2.92. The summed E-state index contributed by atoms with van der Waals surface area (Å²) in [6.45, 7) is 0. The summed E-state index contributed by atoms with van der Waals surface area (Å²) in [7, 11) is 3.91. The summed E-state index contributed by atoms with van der Waals surface area (Å²) in [5, 5.41) is 13.8. The van der Waals surface area contributed by atoms with E-state index in [1.54, 1.807) is 11.3 Å². The highest BCUT2D eigenvalue weighted by atomic mass is 32.1. The van der Waals surface area contributed by atoms with Crippen LogP contribution in [-0.2, 0) is 5.54 Å². The van der Waals surface area contributed by atoms with Gasteiger partial charge < -0.3 is 0 Å². The van der Waals surface area contributed by atoms with Gasteiger partial charge in [-0.05, 0) is 42.0 Å². The molecule has 1 aromatic heterocycles. The highest BCUT2D eigenvalue weighted by molar-refractivity contribution is 7.08. The Morgan fingerprint density at radius 1 is 1.25 bits per heavy atom. The van der Waals surface area contributed by atoms with Crippen molar-refractivity contribution in [2.24, 2.45) is 0 Å². The Labute approximate surface area is 124 Å². The third kappa shape index (κ3) is 2.98. The Morgan fingerprint density at radius 3 is 2.55 bits per heavy atom. The molecule has 0 saturated carbocycles. The first kappa shape index (κ1) is 14.5. The summed E-state index contributed by atoms with van der Waals surface area (Å²) in [6, 6.07) is 14.7. The Morgan fingerprint density at radius 2 is 2.00 bits per heavy atom. The fraction of sp³-hybridized carbons (Fsp3) is 0.235. The van der Waals surface area contributed by atoms with Gasteiger partial charge in [-0.1, -0.05) is 42.5 Å². The number of nitrogens with zero attached hydrogens (tertiary/aromatic N) is 2. The van der Waals surface area contributed by atoms with Crippen molar-refractivity contribution in [3.8, 4) is 6.07 Å². The zero-order valence-corrected chi connectivity index (χ0v) is 12.6. The molecule has 1 atom stereocenters. The van der Waals surface area contributed by atoms with Crippen LogP contribution in [0.5, 0.6) is 0 Å². The molecule has 0 aliphatic heterocycles. The summed E-state index contributed by atoms with van der Waals surface area (Å²) in [6.07, 6.45) is 4.82. The first-order valence-corrected chi connectivity index (χ1v) is 7.46. The van der Waals surface area contributed by atoms with Crippen molar-refractivity contribution >= 4 is 17.4 Å². The second kappa shape index (κ2) is 6.51. The van der Waals surface area contributed by atoms with Crippen LogP contribution in [0.25, 0.3) is 6.08 Å². The van der Waals surface area contributed by atoms with E-state index in [1.165, 1.54) is 0 Å². The SMILES string of the molecule is CN(C)C(C#N)(CC=Cc1ccccc1)c1ccsc1. The minimum atomic E-state index is -0.592. The molecule has 1 unspecified atom stereocenters. The van der Waals surface area contributed by atoms with Gasteiger partial charge in [0.15, 0.2) is 0 Å². The normalized spacial score (nSPS) is 14.3. The largest absolute Gasteiger partial charge is 0.288 e. The van der Waals surface area contributed by atoms with E-state index in [0.717, 1.165) is 11.1 Å². The summed E-state index contributed by atoms with van der Waals surface area (Å²) in [5.41, 5.74) is 1.63. The number of thiophene rings is 1. The monoisotopic (exact) mass is 282 g/mol. The molecular formula is C17H18N2S. The van der Waals surface area contributed by atoms with Gasteiger partial charge >= 0.3 is 0 Å². The average Bonchev–Trinajstić information content (AvgIpc) is 2.99. The molecular weight excluding hydrogens is 264 g/mol. The lowest BCUT2D eigenvalue weighted by atomic mass is 9.88. The quantitative estimate of drug-likeness (QED) is 0.824. The molecule has 2 rings (SSSR count). The lowest BCUT2D eigenvalue weighted by molar-refractivity contribution is 0.221. The van der Waals surface area contributed by atoms with Crippen molar-refractivity contribution in [2.75, 3.05) is 14.1 Å². The highest BCUT2D eigenvalue weighted by Gasteiger charge is 2.33. The van der Waals surface area contributed by atoms with Gasteiger partial charge in [-0.3, -0.25) is 4.90 Å². The number of hydrogen-bond acceptors (Lipinski definition) is 3. The van der Waals surface area contributed by atoms with E-state index in [4.69, 9.17) is 0 Å². The first-order valence-electron chi connectivity index (χ1n) is 6.52. The Hall–Kier alpha value is -1.89. The number of hydrogen-bond donors (Lipinski definition) is 0. The maximum Gasteiger partial charge on any atom is 0.138 e. The van der Waals surface area contributed by atoms with Crippen molar-refractivity contribution < 1.29 is 0 Å². The van der Waals surface area contributed by atoms with Crippen LogP contribution in [-0.4, -0.2) is 19.0 Å². The Bertz CT molecular complexity index is 594. The topological polar surface area (TPSA) is 27.0 Å². The van der Waals surface area contributed by atoms with E-state index >= 15 is 0 Å². The molecule has 0 amide bonds. The second-order valence-electron chi connectivity index (χ2n) is 4.90. The molecule has 1 aromatic carbocycles. The van der Waals surface area contributed by atoms with Crippen molar-refractivity contribution in [1.29, 1.82) is 5.26 Å². The van der Waals surface area contributed by atoms with Crippen LogP contribution in [0.4, 0.5) is 0 Å². The van der Waals surface area contributed by atoms with Gasteiger partial charge in [-0.15, -0.1) is 0 Å². The average molecular weight is 282 g/mol. The van der Waals surface area contributed by atoms with Crippen LogP contribution in [0.3, 0.4) is 0 Å². The minimum Gasteiger partial charge on any atom is -0.288 e. The van der Waals surface area contributed by atoms with Gasteiger partial charge in [0.1, 0.15) is 5.54 Å². The molecule has 2 nitrogen and oxygen atoms in total. The second-order valence-corrected chi connectivity index (χ2v) is 5.68. The van der Waals surface area contributed by atoms with E-state index in [-0.39, 0.29) is 0 Å². The van der Waals surface area contributed by atoms with Crippen LogP contribution in [0.15, 0.2) is 53.2 Å². The molecule has 0 N–H and O–H groups in total. The lowest BCUT2D eigenvalue weighted by Gasteiger charge is -2.32. The van der Waals surface area contributed by atoms with Gasteiger partial charge in [0, 0.05) is 6.42 Å². The smallest absolute Gasteiger partial charge is 0.138 e. The molecule has 0 radical (unpaired) electrons. The molecule has 0 saturated heterocycles. The predicted molar refractivity (Wildman–Crippen MR) is 85.4 cm³/mol. The van der Waals surface area contributed by atoms with Gasteiger partial charge in [-0.2, -0.15) is 16.6 Å². The van der Waals surface area contributed by atoms with E-state index in [0.29, 0.717) is 6.42 Å². The molecule has 102 valence electrons. The Kier molecular flexibility index (Phi) is 4.73. The predicted octanol–water partition coefficient (Wildman–Crippen LogP) is 4.13. The molecule has 0 aliphatic rings. The van der Waals surface area contributed by atoms with E-state index in [9.17, 15) is 5.26 Å². The van der Waals surface area contributed by atoms with Crippen LogP contribution in [0, 0.1) is 11.3 Å². The summed E-state index contributed by atoms with van der Waals surface area (Å²) < 4.78 is 0. The van der Waals surface area contributed by atoms with Crippen molar-refractivity contribution in [3.63, 3.8) is 0 Å². The minimum absolute atomic E-state index is 0.592. The molecule has 3 heteroatoms. The van der Waals surface area contributed by atoms with Gasteiger partial charge in [0.05, 0.1) is 6.07 Å². The zero-order valence-electron chi connectivity index (χ0n) is 11.8. The molecule has 0 spiro atoms. The van der Waals surface area contributed by atoms with Gasteiger partial charge in [0.25, 0.3) is 0 Å². The van der Waals surface area contributed by atoms with Crippen LogP contribution < -0.4 is 0 Å². The molecule has 0 fully saturated rings. The third-order valence-electron chi connectivity index (χ3n) is 3.47. The molecule has 0 aliphatic carbocycles. The maximum atomic E-state index is 9.70. The van der Waals surface area contributed by atoms with Gasteiger partial charge in [0.2, 0.25) is 0 Å². The van der Waals surface area contributed by atoms with Crippen molar-refractivity contribution in [2.45, 2.75) is 12.0 Å². The number of benzene rings is 1. The van der Waals surface area contributed by atoms with Crippen molar-refractivity contribution in [1.82, 2.24) is 4.90 Å². The Balaban J connectivity index is 2.22. The molecule has 2 aromatic rings.